The number of nitrogens with zero attached hydrogens (tertiary/aromatic N) is 1. The lowest BCUT2D eigenvalue weighted by Gasteiger charge is -2.20. The van der Waals surface area contributed by atoms with Gasteiger partial charge < -0.3 is 10.2 Å². The van der Waals surface area contributed by atoms with E-state index in [1.807, 2.05) is 0 Å². The van der Waals surface area contributed by atoms with Crippen molar-refractivity contribution in [1.29, 1.82) is 0 Å². The Bertz CT molecular complexity index is 507. The zero-order valence-corrected chi connectivity index (χ0v) is 11.5. The van der Waals surface area contributed by atoms with E-state index < -0.39 is 0 Å². The highest BCUT2D eigenvalue weighted by Gasteiger charge is 2.30. The van der Waals surface area contributed by atoms with E-state index in [0.29, 0.717) is 29.4 Å². The number of rotatable bonds is 2. The SMILES string of the molecule is CC(=O)Nc1ccc(Cl)cc1N1CC(S)CC1=O. The lowest BCUT2D eigenvalue weighted by molar-refractivity contribution is -0.117. The minimum absolute atomic E-state index is 0.0103. The van der Waals surface area contributed by atoms with E-state index in [4.69, 9.17) is 11.6 Å². The Morgan fingerprint density at radius 1 is 1.56 bits per heavy atom. The van der Waals surface area contributed by atoms with Gasteiger partial charge in [0.25, 0.3) is 0 Å². The Hall–Kier alpha value is -1.20. The normalized spacial score (nSPS) is 19.2. The molecule has 0 bridgehead atoms. The molecular formula is C12H13ClN2O2S. The van der Waals surface area contributed by atoms with Crippen molar-refractivity contribution in [2.45, 2.75) is 18.6 Å². The van der Waals surface area contributed by atoms with E-state index in [0.717, 1.165) is 0 Å². The molecule has 1 aliphatic rings. The van der Waals surface area contributed by atoms with Crippen molar-refractivity contribution in [3.63, 3.8) is 0 Å². The summed E-state index contributed by atoms with van der Waals surface area (Å²) in [6.45, 7) is 1.94. The molecule has 6 heteroatoms. The van der Waals surface area contributed by atoms with Crippen LogP contribution in [0.15, 0.2) is 18.2 Å². The molecule has 1 atom stereocenters. The predicted molar refractivity (Wildman–Crippen MR) is 75.5 cm³/mol. The van der Waals surface area contributed by atoms with Crippen LogP contribution in [0, 0.1) is 0 Å². The second kappa shape index (κ2) is 5.20. The second-order valence-corrected chi connectivity index (χ2v) is 5.37. The smallest absolute Gasteiger partial charge is 0.228 e. The zero-order chi connectivity index (χ0) is 13.3. The van der Waals surface area contributed by atoms with Gasteiger partial charge in [0.15, 0.2) is 0 Å². The van der Waals surface area contributed by atoms with E-state index in [-0.39, 0.29) is 17.1 Å². The van der Waals surface area contributed by atoms with Gasteiger partial charge in [-0.15, -0.1) is 0 Å². The highest BCUT2D eigenvalue weighted by atomic mass is 35.5. The highest BCUT2D eigenvalue weighted by Crippen LogP contribution is 2.33. The van der Waals surface area contributed by atoms with Crippen molar-refractivity contribution in [2.75, 3.05) is 16.8 Å². The number of halogens is 1. The molecule has 0 aromatic heterocycles. The summed E-state index contributed by atoms with van der Waals surface area (Å²) in [6, 6.07) is 5.05. The molecule has 4 nitrogen and oxygen atoms in total. The maximum absolute atomic E-state index is 11.9. The first-order chi connectivity index (χ1) is 8.47. The van der Waals surface area contributed by atoms with Crippen molar-refractivity contribution in [3.05, 3.63) is 23.2 Å². The summed E-state index contributed by atoms with van der Waals surface area (Å²) in [7, 11) is 0. The third-order valence-electron chi connectivity index (χ3n) is 2.67. The van der Waals surface area contributed by atoms with Gasteiger partial charge in [-0.2, -0.15) is 12.6 Å². The Balaban J connectivity index is 2.38. The van der Waals surface area contributed by atoms with Crippen molar-refractivity contribution in [3.8, 4) is 0 Å². The lowest BCUT2D eigenvalue weighted by Crippen LogP contribution is -2.26. The summed E-state index contributed by atoms with van der Waals surface area (Å²) in [5.41, 5.74) is 1.21. The van der Waals surface area contributed by atoms with Crippen LogP contribution < -0.4 is 10.2 Å². The monoisotopic (exact) mass is 284 g/mol. The molecule has 96 valence electrons. The van der Waals surface area contributed by atoms with Crippen molar-refractivity contribution < 1.29 is 9.59 Å². The van der Waals surface area contributed by atoms with Gasteiger partial charge in [0.05, 0.1) is 11.4 Å². The maximum Gasteiger partial charge on any atom is 0.228 e. The zero-order valence-electron chi connectivity index (χ0n) is 9.81. The van der Waals surface area contributed by atoms with Crippen LogP contribution in [0.1, 0.15) is 13.3 Å². The fraction of sp³-hybridized carbons (Fsp3) is 0.333. The number of amides is 2. The van der Waals surface area contributed by atoms with Gasteiger partial charge in [0, 0.05) is 30.2 Å². The molecule has 18 heavy (non-hydrogen) atoms. The first-order valence-corrected chi connectivity index (χ1v) is 6.42. The average molecular weight is 285 g/mol. The molecule has 0 aliphatic carbocycles. The topological polar surface area (TPSA) is 49.4 Å². The van der Waals surface area contributed by atoms with Crippen LogP contribution in [-0.2, 0) is 9.59 Å². The summed E-state index contributed by atoms with van der Waals surface area (Å²) in [6.07, 6.45) is 0.398. The number of benzene rings is 1. The van der Waals surface area contributed by atoms with Gasteiger partial charge in [0.2, 0.25) is 11.8 Å². The van der Waals surface area contributed by atoms with E-state index in [2.05, 4.69) is 17.9 Å². The molecule has 1 aliphatic heterocycles. The van der Waals surface area contributed by atoms with Gasteiger partial charge >= 0.3 is 0 Å². The van der Waals surface area contributed by atoms with Crippen molar-refractivity contribution >= 4 is 47.4 Å². The molecular weight excluding hydrogens is 272 g/mol. The predicted octanol–water partition coefficient (Wildman–Crippen LogP) is 2.33. The molecule has 1 heterocycles. The molecule has 0 radical (unpaired) electrons. The molecule has 1 N–H and O–H groups in total. The van der Waals surface area contributed by atoms with Crippen molar-refractivity contribution in [2.24, 2.45) is 0 Å². The Kier molecular flexibility index (Phi) is 3.82. The third kappa shape index (κ3) is 2.79. The van der Waals surface area contributed by atoms with Crippen LogP contribution in [0.5, 0.6) is 0 Å². The molecule has 1 fully saturated rings. The van der Waals surface area contributed by atoms with Gasteiger partial charge in [-0.05, 0) is 18.2 Å². The first-order valence-electron chi connectivity index (χ1n) is 5.53. The van der Waals surface area contributed by atoms with E-state index >= 15 is 0 Å². The van der Waals surface area contributed by atoms with Crippen LogP contribution in [-0.4, -0.2) is 23.6 Å². The van der Waals surface area contributed by atoms with Crippen LogP contribution in [0.2, 0.25) is 5.02 Å². The lowest BCUT2D eigenvalue weighted by atomic mass is 10.2. The van der Waals surface area contributed by atoms with Gasteiger partial charge in [-0.25, -0.2) is 0 Å². The summed E-state index contributed by atoms with van der Waals surface area (Å²) >= 11 is 10.3. The fourth-order valence-electron chi connectivity index (χ4n) is 1.95. The van der Waals surface area contributed by atoms with E-state index in [1.165, 1.54) is 6.92 Å². The summed E-state index contributed by atoms with van der Waals surface area (Å²) in [5, 5.41) is 3.23. The Morgan fingerprint density at radius 2 is 2.28 bits per heavy atom. The minimum Gasteiger partial charge on any atom is -0.325 e. The van der Waals surface area contributed by atoms with Gasteiger partial charge in [0.1, 0.15) is 0 Å². The number of anilines is 2. The second-order valence-electron chi connectivity index (χ2n) is 4.20. The number of hydrogen-bond acceptors (Lipinski definition) is 3. The molecule has 2 amide bonds. The standard InChI is InChI=1S/C12H13ClN2O2S/c1-7(16)14-10-3-2-8(13)4-11(10)15-6-9(18)5-12(15)17/h2-4,9,18H,5-6H2,1H3,(H,14,16). The summed E-state index contributed by atoms with van der Waals surface area (Å²) in [5.74, 6) is -0.198. The largest absolute Gasteiger partial charge is 0.325 e. The molecule has 1 saturated heterocycles. The molecule has 0 spiro atoms. The molecule has 1 unspecified atom stereocenters. The molecule has 0 saturated carbocycles. The molecule has 1 aromatic rings. The van der Waals surface area contributed by atoms with Crippen molar-refractivity contribution in [1.82, 2.24) is 0 Å². The van der Waals surface area contributed by atoms with E-state index in [1.54, 1.807) is 23.1 Å². The number of carbonyl (C=O) groups is 2. The first kappa shape index (κ1) is 13.2. The van der Waals surface area contributed by atoms with Gasteiger partial charge in [-0.1, -0.05) is 11.6 Å². The average Bonchev–Trinajstić information content (AvgIpc) is 2.60. The Labute approximate surface area is 116 Å². The minimum atomic E-state index is -0.187. The fourth-order valence-corrected chi connectivity index (χ4v) is 2.43. The van der Waals surface area contributed by atoms with Crippen LogP contribution in [0.3, 0.4) is 0 Å². The number of hydrogen-bond donors (Lipinski definition) is 2. The van der Waals surface area contributed by atoms with Crippen LogP contribution in [0.4, 0.5) is 11.4 Å². The highest BCUT2D eigenvalue weighted by molar-refractivity contribution is 7.81. The van der Waals surface area contributed by atoms with Crippen LogP contribution in [0.25, 0.3) is 0 Å². The number of carbonyl (C=O) groups excluding carboxylic acids is 2. The van der Waals surface area contributed by atoms with E-state index in [9.17, 15) is 9.59 Å². The Morgan fingerprint density at radius 3 is 2.83 bits per heavy atom. The molecule has 1 aromatic carbocycles. The maximum atomic E-state index is 11.9. The molecule has 2 rings (SSSR count). The van der Waals surface area contributed by atoms with Gasteiger partial charge in [-0.3, -0.25) is 9.59 Å². The summed E-state index contributed by atoms with van der Waals surface area (Å²) in [4.78, 5) is 24.6. The number of thiol groups is 1. The van der Waals surface area contributed by atoms with Crippen LogP contribution >= 0.6 is 24.2 Å². The quantitative estimate of drug-likeness (QED) is 0.819. The third-order valence-corrected chi connectivity index (χ3v) is 3.25. The number of nitrogens with one attached hydrogen (secondary N) is 1. The summed E-state index contributed by atoms with van der Waals surface area (Å²) < 4.78 is 0.